The molecule has 1 fully saturated rings. The first-order chi connectivity index (χ1) is 12.7. The van der Waals surface area contributed by atoms with Gasteiger partial charge in [0.2, 0.25) is 5.91 Å². The maximum Gasteiger partial charge on any atom is 0.243 e. The Morgan fingerprint density at radius 2 is 1.85 bits per heavy atom. The largest absolute Gasteiger partial charge is 0.378 e. The SMILES string of the molecule is CCc1ccccc1NC(=O)CNc1cccc(Cl)c1N1CCOCC1. The minimum absolute atomic E-state index is 0.0844. The molecule has 3 rings (SSSR count). The number of morpholine rings is 1. The average molecular weight is 374 g/mol. The molecule has 1 aliphatic heterocycles. The van der Waals surface area contributed by atoms with Crippen LogP contribution in [0.4, 0.5) is 17.1 Å². The number of hydrogen-bond donors (Lipinski definition) is 2. The first-order valence-electron chi connectivity index (χ1n) is 8.92. The molecule has 138 valence electrons. The number of carbonyl (C=O) groups excluding carboxylic acids is 1. The summed E-state index contributed by atoms with van der Waals surface area (Å²) in [5.41, 5.74) is 3.77. The van der Waals surface area contributed by atoms with Crippen LogP contribution < -0.4 is 15.5 Å². The van der Waals surface area contributed by atoms with Crippen molar-refractivity contribution < 1.29 is 9.53 Å². The lowest BCUT2D eigenvalue weighted by Gasteiger charge is -2.31. The zero-order valence-electron chi connectivity index (χ0n) is 14.9. The number of nitrogens with one attached hydrogen (secondary N) is 2. The van der Waals surface area contributed by atoms with Crippen molar-refractivity contribution in [2.24, 2.45) is 0 Å². The summed E-state index contributed by atoms with van der Waals surface area (Å²) in [7, 11) is 0. The normalized spacial score (nSPS) is 14.2. The van der Waals surface area contributed by atoms with Crippen LogP contribution in [-0.4, -0.2) is 38.8 Å². The van der Waals surface area contributed by atoms with Gasteiger partial charge in [-0.2, -0.15) is 0 Å². The number of carbonyl (C=O) groups is 1. The van der Waals surface area contributed by atoms with E-state index in [1.54, 1.807) is 0 Å². The van der Waals surface area contributed by atoms with Gasteiger partial charge in [0.1, 0.15) is 0 Å². The summed E-state index contributed by atoms with van der Waals surface area (Å²) in [6, 6.07) is 13.6. The number of anilines is 3. The zero-order chi connectivity index (χ0) is 18.4. The van der Waals surface area contributed by atoms with E-state index in [1.165, 1.54) is 0 Å². The monoisotopic (exact) mass is 373 g/mol. The van der Waals surface area contributed by atoms with Gasteiger partial charge < -0.3 is 20.3 Å². The van der Waals surface area contributed by atoms with Gasteiger partial charge in [-0.1, -0.05) is 42.8 Å². The highest BCUT2D eigenvalue weighted by atomic mass is 35.5. The Morgan fingerprint density at radius 1 is 1.12 bits per heavy atom. The van der Waals surface area contributed by atoms with E-state index >= 15 is 0 Å². The fourth-order valence-corrected chi connectivity index (χ4v) is 3.38. The van der Waals surface area contributed by atoms with Gasteiger partial charge in [0.25, 0.3) is 0 Å². The molecule has 0 saturated carbocycles. The van der Waals surface area contributed by atoms with Gasteiger partial charge in [-0.05, 0) is 30.2 Å². The Bertz CT molecular complexity index is 760. The molecule has 1 saturated heterocycles. The van der Waals surface area contributed by atoms with E-state index in [2.05, 4.69) is 22.5 Å². The second-order valence-electron chi connectivity index (χ2n) is 6.15. The number of benzene rings is 2. The second kappa shape index (κ2) is 8.92. The van der Waals surface area contributed by atoms with Crippen LogP contribution >= 0.6 is 11.6 Å². The van der Waals surface area contributed by atoms with Crippen molar-refractivity contribution in [2.75, 3.05) is 48.4 Å². The lowest BCUT2D eigenvalue weighted by atomic mass is 10.1. The molecule has 0 unspecified atom stereocenters. The number of amides is 1. The summed E-state index contributed by atoms with van der Waals surface area (Å²) in [6.45, 7) is 5.18. The van der Waals surface area contributed by atoms with E-state index < -0.39 is 0 Å². The van der Waals surface area contributed by atoms with Crippen LogP contribution in [0.2, 0.25) is 5.02 Å². The highest BCUT2D eigenvalue weighted by molar-refractivity contribution is 6.34. The Balaban J connectivity index is 1.67. The molecular formula is C20H24ClN3O2. The van der Waals surface area contributed by atoms with Gasteiger partial charge in [0, 0.05) is 18.8 Å². The summed E-state index contributed by atoms with van der Waals surface area (Å²) in [6.07, 6.45) is 0.874. The summed E-state index contributed by atoms with van der Waals surface area (Å²) in [5, 5.41) is 6.88. The molecule has 1 amide bonds. The molecule has 0 aromatic heterocycles. The van der Waals surface area contributed by atoms with Gasteiger partial charge in [0.05, 0.1) is 36.2 Å². The maximum atomic E-state index is 12.4. The molecule has 1 heterocycles. The first kappa shape index (κ1) is 18.5. The van der Waals surface area contributed by atoms with Crippen LogP contribution in [-0.2, 0) is 16.0 Å². The fraction of sp³-hybridized carbons (Fsp3) is 0.350. The van der Waals surface area contributed by atoms with Gasteiger partial charge in [-0.25, -0.2) is 0 Å². The summed E-state index contributed by atoms with van der Waals surface area (Å²) in [5.74, 6) is -0.0844. The molecule has 1 aliphatic rings. The first-order valence-corrected chi connectivity index (χ1v) is 9.29. The van der Waals surface area contributed by atoms with Crippen LogP contribution in [0.1, 0.15) is 12.5 Å². The predicted octanol–water partition coefficient (Wildman–Crippen LogP) is 3.79. The molecule has 0 bridgehead atoms. The van der Waals surface area contributed by atoms with Crippen LogP contribution in [0, 0.1) is 0 Å². The smallest absolute Gasteiger partial charge is 0.243 e. The number of rotatable bonds is 6. The van der Waals surface area contributed by atoms with E-state index in [0.717, 1.165) is 42.1 Å². The van der Waals surface area contributed by atoms with Crippen LogP contribution in [0.5, 0.6) is 0 Å². The van der Waals surface area contributed by atoms with E-state index in [0.29, 0.717) is 18.2 Å². The molecular weight excluding hydrogens is 350 g/mol. The Hall–Kier alpha value is -2.24. The molecule has 0 spiro atoms. The van der Waals surface area contributed by atoms with Crippen molar-refractivity contribution in [2.45, 2.75) is 13.3 Å². The van der Waals surface area contributed by atoms with Crippen LogP contribution in [0.3, 0.4) is 0 Å². The van der Waals surface area contributed by atoms with Crippen LogP contribution in [0.25, 0.3) is 0 Å². The van der Waals surface area contributed by atoms with Crippen molar-refractivity contribution in [1.82, 2.24) is 0 Å². The van der Waals surface area contributed by atoms with Gasteiger partial charge in [-0.3, -0.25) is 4.79 Å². The average Bonchev–Trinajstić information content (AvgIpc) is 2.67. The quantitative estimate of drug-likeness (QED) is 0.808. The number of hydrogen-bond acceptors (Lipinski definition) is 4. The number of nitrogens with zero attached hydrogens (tertiary/aromatic N) is 1. The van der Waals surface area contributed by atoms with Crippen molar-refractivity contribution >= 4 is 34.6 Å². The second-order valence-corrected chi connectivity index (χ2v) is 6.56. The lowest BCUT2D eigenvalue weighted by molar-refractivity contribution is -0.114. The van der Waals surface area contributed by atoms with Gasteiger partial charge >= 0.3 is 0 Å². The standard InChI is InChI=1S/C20H24ClN3O2/c1-2-15-6-3-4-8-17(15)23-19(25)14-22-18-9-5-7-16(21)20(18)24-10-12-26-13-11-24/h3-9,22H,2,10-14H2,1H3,(H,23,25). The molecule has 2 N–H and O–H groups in total. The molecule has 0 radical (unpaired) electrons. The fourth-order valence-electron chi connectivity index (χ4n) is 3.09. The summed E-state index contributed by atoms with van der Waals surface area (Å²) < 4.78 is 5.42. The molecule has 2 aromatic rings. The lowest BCUT2D eigenvalue weighted by Crippen LogP contribution is -2.37. The molecule has 26 heavy (non-hydrogen) atoms. The maximum absolute atomic E-state index is 12.4. The Kier molecular flexibility index (Phi) is 6.36. The third kappa shape index (κ3) is 4.48. The minimum atomic E-state index is -0.0844. The van der Waals surface area contributed by atoms with Crippen molar-refractivity contribution in [3.05, 3.63) is 53.1 Å². The molecule has 0 aliphatic carbocycles. The van der Waals surface area contributed by atoms with E-state index in [9.17, 15) is 4.79 Å². The topological polar surface area (TPSA) is 53.6 Å². The number of ether oxygens (including phenoxy) is 1. The minimum Gasteiger partial charge on any atom is -0.378 e. The summed E-state index contributed by atoms with van der Waals surface area (Å²) in [4.78, 5) is 14.6. The highest BCUT2D eigenvalue weighted by Gasteiger charge is 2.18. The molecule has 2 aromatic carbocycles. The molecule has 6 heteroatoms. The number of aryl methyl sites for hydroxylation is 1. The van der Waals surface area contributed by atoms with Gasteiger partial charge in [-0.15, -0.1) is 0 Å². The van der Waals surface area contributed by atoms with Crippen LogP contribution in [0.15, 0.2) is 42.5 Å². The third-order valence-corrected chi connectivity index (χ3v) is 4.73. The molecule has 5 nitrogen and oxygen atoms in total. The summed E-state index contributed by atoms with van der Waals surface area (Å²) >= 11 is 6.42. The van der Waals surface area contributed by atoms with E-state index in [4.69, 9.17) is 16.3 Å². The van der Waals surface area contributed by atoms with E-state index in [-0.39, 0.29) is 12.5 Å². The zero-order valence-corrected chi connectivity index (χ0v) is 15.7. The van der Waals surface area contributed by atoms with Crippen molar-refractivity contribution in [3.63, 3.8) is 0 Å². The predicted molar refractivity (Wildman–Crippen MR) is 107 cm³/mol. The van der Waals surface area contributed by atoms with Crippen molar-refractivity contribution in [1.29, 1.82) is 0 Å². The van der Waals surface area contributed by atoms with Crippen molar-refractivity contribution in [3.8, 4) is 0 Å². The van der Waals surface area contributed by atoms with Gasteiger partial charge in [0.15, 0.2) is 0 Å². The Labute approximate surface area is 159 Å². The third-order valence-electron chi connectivity index (χ3n) is 4.43. The highest BCUT2D eigenvalue weighted by Crippen LogP contribution is 2.34. The molecule has 0 atom stereocenters. The number of halogens is 1. The number of para-hydroxylation sites is 2. The van der Waals surface area contributed by atoms with E-state index in [1.807, 2.05) is 42.5 Å². The Morgan fingerprint density at radius 3 is 2.62 bits per heavy atom.